The molecular formula is C13H21ClN2. The Hall–Kier alpha value is -0.600. The molecule has 1 aromatic rings. The standard InChI is InChI=1S/C13H21ClN2/c1-4-13(3,7-8-14)16-10-12-11(2)6-5-9-15-12/h5-6,9,16H,4,7-8,10H2,1-3H3. The number of rotatable bonds is 6. The third-order valence-corrected chi connectivity index (χ3v) is 3.42. The number of nitrogens with zero attached hydrogens (tertiary/aromatic N) is 1. The van der Waals surface area contributed by atoms with Crippen molar-refractivity contribution in [2.45, 2.75) is 45.7 Å². The van der Waals surface area contributed by atoms with Crippen LogP contribution in [0.3, 0.4) is 0 Å². The number of pyridine rings is 1. The summed E-state index contributed by atoms with van der Waals surface area (Å²) in [6.07, 6.45) is 3.90. The molecule has 0 aliphatic carbocycles. The highest BCUT2D eigenvalue weighted by molar-refractivity contribution is 6.17. The van der Waals surface area contributed by atoms with E-state index in [9.17, 15) is 0 Å². The molecule has 2 nitrogen and oxygen atoms in total. The van der Waals surface area contributed by atoms with Crippen LogP contribution in [-0.4, -0.2) is 16.4 Å². The minimum Gasteiger partial charge on any atom is -0.306 e. The zero-order valence-corrected chi connectivity index (χ0v) is 11.1. The molecule has 0 fully saturated rings. The first-order valence-electron chi connectivity index (χ1n) is 5.83. The molecule has 1 unspecified atom stereocenters. The number of aromatic nitrogens is 1. The van der Waals surface area contributed by atoms with Crippen LogP contribution in [0.15, 0.2) is 18.3 Å². The van der Waals surface area contributed by atoms with Gasteiger partial charge >= 0.3 is 0 Å². The minimum absolute atomic E-state index is 0.117. The lowest BCUT2D eigenvalue weighted by Crippen LogP contribution is -2.41. The largest absolute Gasteiger partial charge is 0.306 e. The van der Waals surface area contributed by atoms with E-state index in [-0.39, 0.29) is 5.54 Å². The maximum absolute atomic E-state index is 5.82. The molecule has 90 valence electrons. The molecule has 0 aliphatic heterocycles. The van der Waals surface area contributed by atoms with E-state index in [1.54, 1.807) is 0 Å². The molecule has 0 bridgehead atoms. The van der Waals surface area contributed by atoms with E-state index in [1.165, 1.54) is 5.56 Å². The minimum atomic E-state index is 0.117. The summed E-state index contributed by atoms with van der Waals surface area (Å²) >= 11 is 5.82. The van der Waals surface area contributed by atoms with E-state index in [1.807, 2.05) is 12.3 Å². The van der Waals surface area contributed by atoms with Gasteiger partial charge in [-0.05, 0) is 38.3 Å². The highest BCUT2D eigenvalue weighted by Crippen LogP contribution is 2.16. The SMILES string of the molecule is CCC(C)(CCCl)NCc1ncccc1C. The van der Waals surface area contributed by atoms with Gasteiger partial charge in [-0.3, -0.25) is 4.98 Å². The summed E-state index contributed by atoms with van der Waals surface area (Å²) in [5, 5.41) is 3.56. The molecule has 0 aromatic carbocycles. The fraction of sp³-hybridized carbons (Fsp3) is 0.615. The van der Waals surface area contributed by atoms with Crippen molar-refractivity contribution in [1.82, 2.24) is 10.3 Å². The van der Waals surface area contributed by atoms with Crippen LogP contribution in [0.25, 0.3) is 0 Å². The maximum Gasteiger partial charge on any atom is 0.0570 e. The molecular weight excluding hydrogens is 220 g/mol. The van der Waals surface area contributed by atoms with Crippen LogP contribution in [0.1, 0.15) is 37.9 Å². The third kappa shape index (κ3) is 3.76. The Labute approximate surface area is 103 Å². The molecule has 0 amide bonds. The van der Waals surface area contributed by atoms with E-state index >= 15 is 0 Å². The van der Waals surface area contributed by atoms with E-state index in [0.717, 1.165) is 25.1 Å². The zero-order chi connectivity index (χ0) is 12.0. The van der Waals surface area contributed by atoms with Gasteiger partial charge in [0.15, 0.2) is 0 Å². The van der Waals surface area contributed by atoms with Gasteiger partial charge in [-0.15, -0.1) is 11.6 Å². The topological polar surface area (TPSA) is 24.9 Å². The fourth-order valence-corrected chi connectivity index (χ4v) is 2.02. The lowest BCUT2D eigenvalue weighted by Gasteiger charge is -2.29. The van der Waals surface area contributed by atoms with Crippen LogP contribution in [0, 0.1) is 6.92 Å². The first-order valence-corrected chi connectivity index (χ1v) is 6.36. The molecule has 0 aliphatic rings. The summed E-state index contributed by atoms with van der Waals surface area (Å²) in [5.41, 5.74) is 2.47. The Morgan fingerprint density at radius 3 is 2.81 bits per heavy atom. The zero-order valence-electron chi connectivity index (χ0n) is 10.4. The predicted octanol–water partition coefficient (Wildman–Crippen LogP) is 3.28. The van der Waals surface area contributed by atoms with Crippen LogP contribution in [0.4, 0.5) is 0 Å². The van der Waals surface area contributed by atoms with Gasteiger partial charge in [0.2, 0.25) is 0 Å². The molecule has 1 heterocycles. The van der Waals surface area contributed by atoms with E-state index in [0.29, 0.717) is 5.88 Å². The van der Waals surface area contributed by atoms with Crippen molar-refractivity contribution in [3.63, 3.8) is 0 Å². The molecule has 0 saturated heterocycles. The van der Waals surface area contributed by atoms with Crippen molar-refractivity contribution in [2.24, 2.45) is 0 Å². The molecule has 0 radical (unpaired) electrons. The Morgan fingerprint density at radius 2 is 2.25 bits per heavy atom. The first kappa shape index (κ1) is 13.5. The lowest BCUT2D eigenvalue weighted by atomic mass is 9.95. The van der Waals surface area contributed by atoms with Crippen molar-refractivity contribution >= 4 is 11.6 Å². The number of hydrogen-bond donors (Lipinski definition) is 1. The van der Waals surface area contributed by atoms with Crippen molar-refractivity contribution in [3.05, 3.63) is 29.6 Å². The number of halogens is 1. The monoisotopic (exact) mass is 240 g/mol. The maximum atomic E-state index is 5.82. The first-order chi connectivity index (χ1) is 7.61. The number of hydrogen-bond acceptors (Lipinski definition) is 2. The molecule has 0 saturated carbocycles. The quantitative estimate of drug-likeness (QED) is 0.772. The van der Waals surface area contributed by atoms with E-state index in [2.05, 4.69) is 37.1 Å². The highest BCUT2D eigenvalue weighted by Gasteiger charge is 2.20. The molecule has 1 atom stereocenters. The summed E-state index contributed by atoms with van der Waals surface area (Å²) in [7, 11) is 0. The molecule has 3 heteroatoms. The average molecular weight is 241 g/mol. The van der Waals surface area contributed by atoms with Crippen molar-refractivity contribution in [1.29, 1.82) is 0 Å². The van der Waals surface area contributed by atoms with Gasteiger partial charge in [-0.2, -0.15) is 0 Å². The second-order valence-corrected chi connectivity index (χ2v) is 4.85. The van der Waals surface area contributed by atoms with Gasteiger partial charge < -0.3 is 5.32 Å². The summed E-state index contributed by atoms with van der Waals surface area (Å²) in [4.78, 5) is 4.38. The summed E-state index contributed by atoms with van der Waals surface area (Å²) < 4.78 is 0. The van der Waals surface area contributed by atoms with Gasteiger partial charge in [0.1, 0.15) is 0 Å². The third-order valence-electron chi connectivity index (χ3n) is 3.23. The van der Waals surface area contributed by atoms with Crippen LogP contribution in [-0.2, 0) is 6.54 Å². The molecule has 0 spiro atoms. The van der Waals surface area contributed by atoms with Crippen molar-refractivity contribution in [3.8, 4) is 0 Å². The predicted molar refractivity (Wildman–Crippen MR) is 69.8 cm³/mol. The highest BCUT2D eigenvalue weighted by atomic mass is 35.5. The summed E-state index contributed by atoms with van der Waals surface area (Å²) in [6.45, 7) is 7.31. The van der Waals surface area contributed by atoms with Gasteiger partial charge in [0, 0.05) is 24.2 Å². The van der Waals surface area contributed by atoms with Crippen LogP contribution in [0.2, 0.25) is 0 Å². The number of nitrogens with one attached hydrogen (secondary N) is 1. The van der Waals surface area contributed by atoms with Crippen molar-refractivity contribution in [2.75, 3.05) is 5.88 Å². The lowest BCUT2D eigenvalue weighted by molar-refractivity contribution is 0.329. The fourth-order valence-electron chi connectivity index (χ4n) is 1.60. The summed E-state index contributed by atoms with van der Waals surface area (Å²) in [6, 6.07) is 4.06. The van der Waals surface area contributed by atoms with Crippen LogP contribution >= 0.6 is 11.6 Å². The van der Waals surface area contributed by atoms with Crippen LogP contribution in [0.5, 0.6) is 0 Å². The van der Waals surface area contributed by atoms with Crippen LogP contribution < -0.4 is 5.32 Å². The number of alkyl halides is 1. The smallest absolute Gasteiger partial charge is 0.0570 e. The molecule has 1 aromatic heterocycles. The molecule has 16 heavy (non-hydrogen) atoms. The average Bonchev–Trinajstić information content (AvgIpc) is 2.28. The summed E-state index contributed by atoms with van der Waals surface area (Å²) in [5.74, 6) is 0.693. The Kier molecular flexibility index (Phi) is 5.23. The normalized spacial score (nSPS) is 14.8. The molecule has 1 N–H and O–H groups in total. The van der Waals surface area contributed by atoms with Crippen molar-refractivity contribution < 1.29 is 0 Å². The Balaban J connectivity index is 2.59. The van der Waals surface area contributed by atoms with Gasteiger partial charge in [0.05, 0.1) is 5.69 Å². The molecule has 1 rings (SSSR count). The number of aryl methyl sites for hydroxylation is 1. The Bertz CT molecular complexity index is 327. The van der Waals surface area contributed by atoms with E-state index < -0.39 is 0 Å². The second-order valence-electron chi connectivity index (χ2n) is 4.47. The van der Waals surface area contributed by atoms with E-state index in [4.69, 9.17) is 11.6 Å². The Morgan fingerprint density at radius 1 is 1.50 bits per heavy atom. The van der Waals surface area contributed by atoms with Gasteiger partial charge in [0.25, 0.3) is 0 Å². The van der Waals surface area contributed by atoms with Gasteiger partial charge in [-0.25, -0.2) is 0 Å². The van der Waals surface area contributed by atoms with Gasteiger partial charge in [-0.1, -0.05) is 13.0 Å². The second kappa shape index (κ2) is 6.21.